The van der Waals surface area contributed by atoms with Crippen molar-refractivity contribution in [3.63, 3.8) is 0 Å². The number of rotatable bonds is 16. The molecule has 0 bridgehead atoms. The number of carboxylic acid groups (broad SMARTS) is 1. The first-order chi connectivity index (χ1) is 20.4. The van der Waals surface area contributed by atoms with Crippen molar-refractivity contribution in [1.29, 1.82) is 0 Å². The van der Waals surface area contributed by atoms with Crippen LogP contribution in [0.5, 0.6) is 5.75 Å². The number of hydrogen-bond donors (Lipinski definition) is 3. The van der Waals surface area contributed by atoms with Gasteiger partial charge < -0.3 is 24.6 Å². The van der Waals surface area contributed by atoms with Crippen molar-refractivity contribution in [2.45, 2.75) is 115 Å². The highest BCUT2D eigenvalue weighted by atomic mass is 19.1. The summed E-state index contributed by atoms with van der Waals surface area (Å²) < 4.78 is 32.4. The minimum atomic E-state index is -0.995. The molecule has 6 unspecified atom stereocenters. The number of piperidine rings is 2. The van der Waals surface area contributed by atoms with E-state index in [1.807, 2.05) is 18.9 Å². The van der Waals surface area contributed by atoms with Gasteiger partial charge in [-0.1, -0.05) is 39.5 Å². The van der Waals surface area contributed by atoms with Gasteiger partial charge in [0.1, 0.15) is 6.04 Å². The fraction of sp³-hybridized carbons (Fsp3) is 0.788. The van der Waals surface area contributed by atoms with Crippen LogP contribution in [0.15, 0.2) is 12.1 Å². The molecule has 3 aliphatic heterocycles. The highest BCUT2D eigenvalue weighted by molar-refractivity contribution is 5.77. The van der Waals surface area contributed by atoms with Gasteiger partial charge in [-0.05, 0) is 69.2 Å². The molecule has 3 N–H and O–H groups in total. The van der Waals surface area contributed by atoms with Crippen LogP contribution in [0.4, 0.5) is 4.39 Å². The highest BCUT2D eigenvalue weighted by Crippen LogP contribution is 2.37. The number of aryl methyl sites for hydroxylation is 1. The molecule has 238 valence electrons. The number of aliphatic carboxylic acids is 1. The predicted octanol–water partition coefficient (Wildman–Crippen LogP) is 5.29. The molecule has 42 heavy (non-hydrogen) atoms. The molecule has 8 nitrogen and oxygen atoms in total. The summed E-state index contributed by atoms with van der Waals surface area (Å²) >= 11 is 0. The van der Waals surface area contributed by atoms with Gasteiger partial charge in [0.15, 0.2) is 11.6 Å². The summed E-state index contributed by atoms with van der Waals surface area (Å²) in [6, 6.07) is 2.75. The van der Waals surface area contributed by atoms with Gasteiger partial charge in [0.2, 0.25) is 0 Å². The smallest absolute Gasteiger partial charge is 0.325 e. The van der Waals surface area contributed by atoms with Crippen molar-refractivity contribution in [3.8, 4) is 5.75 Å². The summed E-state index contributed by atoms with van der Waals surface area (Å²) in [4.78, 5) is 14.3. The SMILES string of the molecule is CCCc1cc(F)c(OC)c(C(C(=O)O)N2CC[C@@H](OCCCCCC3NC4NCCCC4C(OC)C3CCC)C2)c1. The molecule has 9 heteroatoms. The van der Waals surface area contributed by atoms with E-state index in [9.17, 15) is 14.3 Å². The van der Waals surface area contributed by atoms with E-state index in [0.717, 1.165) is 50.6 Å². The number of fused-ring (bicyclic) bond motifs is 1. The van der Waals surface area contributed by atoms with E-state index < -0.39 is 17.8 Å². The summed E-state index contributed by atoms with van der Waals surface area (Å²) in [7, 11) is 3.28. The van der Waals surface area contributed by atoms with Gasteiger partial charge in [0, 0.05) is 50.2 Å². The second-order valence-electron chi connectivity index (χ2n) is 12.5. The Balaban J connectivity index is 1.24. The van der Waals surface area contributed by atoms with Gasteiger partial charge in [0.25, 0.3) is 0 Å². The van der Waals surface area contributed by atoms with Crippen LogP contribution in [0.1, 0.15) is 95.2 Å². The summed E-state index contributed by atoms with van der Waals surface area (Å²) in [5.41, 5.74) is 1.18. The molecule has 4 rings (SSSR count). The van der Waals surface area contributed by atoms with Gasteiger partial charge in [-0.25, -0.2) is 4.39 Å². The molecule has 3 fully saturated rings. The number of methoxy groups -OCH3 is 2. The third-order valence-corrected chi connectivity index (χ3v) is 9.61. The van der Waals surface area contributed by atoms with Crippen molar-refractivity contribution in [3.05, 3.63) is 29.1 Å². The number of nitrogens with one attached hydrogen (secondary N) is 2. The fourth-order valence-electron chi connectivity index (χ4n) is 7.72. The van der Waals surface area contributed by atoms with E-state index in [2.05, 4.69) is 17.6 Å². The van der Waals surface area contributed by atoms with Gasteiger partial charge in [-0.3, -0.25) is 15.0 Å². The first kappa shape index (κ1) is 33.1. The molecule has 0 aromatic heterocycles. The fourth-order valence-corrected chi connectivity index (χ4v) is 7.72. The maximum absolute atomic E-state index is 14.8. The number of likely N-dealkylation sites (tertiary alicyclic amines) is 1. The molecule has 0 amide bonds. The Kier molecular flexibility index (Phi) is 12.9. The second-order valence-corrected chi connectivity index (χ2v) is 12.5. The Labute approximate surface area is 252 Å². The third-order valence-electron chi connectivity index (χ3n) is 9.61. The highest BCUT2D eigenvalue weighted by Gasteiger charge is 2.44. The lowest BCUT2D eigenvalue weighted by Crippen LogP contribution is -2.66. The lowest BCUT2D eigenvalue weighted by molar-refractivity contribution is -0.143. The molecule has 7 atom stereocenters. The third kappa shape index (κ3) is 8.03. The maximum Gasteiger partial charge on any atom is 0.325 e. The number of nitrogens with zero attached hydrogens (tertiary/aromatic N) is 1. The number of carbonyl (C=O) groups is 1. The van der Waals surface area contributed by atoms with Crippen molar-refractivity contribution >= 4 is 5.97 Å². The van der Waals surface area contributed by atoms with Crippen LogP contribution >= 0.6 is 0 Å². The van der Waals surface area contributed by atoms with Gasteiger partial charge in [-0.2, -0.15) is 0 Å². The predicted molar refractivity (Wildman–Crippen MR) is 162 cm³/mol. The van der Waals surface area contributed by atoms with Crippen LogP contribution < -0.4 is 15.4 Å². The van der Waals surface area contributed by atoms with Crippen LogP contribution in [-0.4, -0.2) is 80.9 Å². The minimum Gasteiger partial charge on any atom is -0.493 e. The number of unbranched alkanes of at least 4 members (excludes halogenated alkanes) is 2. The average Bonchev–Trinajstić information content (AvgIpc) is 3.43. The Morgan fingerprint density at radius 1 is 1.14 bits per heavy atom. The molecule has 3 heterocycles. The monoisotopic (exact) mass is 591 g/mol. The molecule has 1 aromatic rings. The maximum atomic E-state index is 14.8. The average molecular weight is 592 g/mol. The zero-order valence-electron chi connectivity index (χ0n) is 26.2. The summed E-state index contributed by atoms with van der Waals surface area (Å²) in [6.07, 6.45) is 12.2. The number of ether oxygens (including phenoxy) is 3. The Hall–Kier alpha value is -1.78. The van der Waals surface area contributed by atoms with Crippen LogP contribution in [0, 0.1) is 17.7 Å². The lowest BCUT2D eigenvalue weighted by atomic mass is 9.73. The van der Waals surface area contributed by atoms with Crippen LogP contribution in [0.25, 0.3) is 0 Å². The van der Waals surface area contributed by atoms with Gasteiger partial charge in [0.05, 0.1) is 25.5 Å². The van der Waals surface area contributed by atoms with Crippen LogP contribution in [0.2, 0.25) is 0 Å². The number of benzene rings is 1. The first-order valence-electron chi connectivity index (χ1n) is 16.4. The molecule has 0 radical (unpaired) electrons. The Morgan fingerprint density at radius 3 is 2.69 bits per heavy atom. The van der Waals surface area contributed by atoms with Gasteiger partial charge >= 0.3 is 5.97 Å². The van der Waals surface area contributed by atoms with Crippen molar-refractivity contribution in [2.75, 3.05) is 40.5 Å². The molecule has 1 aromatic carbocycles. The largest absolute Gasteiger partial charge is 0.493 e. The Bertz CT molecular complexity index is 997. The number of hydrogen-bond acceptors (Lipinski definition) is 7. The topological polar surface area (TPSA) is 92.3 Å². The van der Waals surface area contributed by atoms with Crippen LogP contribution in [0.3, 0.4) is 0 Å². The van der Waals surface area contributed by atoms with E-state index in [0.29, 0.717) is 61.8 Å². The van der Waals surface area contributed by atoms with Crippen LogP contribution in [-0.2, 0) is 20.7 Å². The van der Waals surface area contributed by atoms with E-state index in [-0.39, 0.29) is 11.9 Å². The molecule has 0 aliphatic carbocycles. The van der Waals surface area contributed by atoms with E-state index in [4.69, 9.17) is 14.2 Å². The number of carboxylic acids is 1. The van der Waals surface area contributed by atoms with Gasteiger partial charge in [-0.15, -0.1) is 0 Å². The van der Waals surface area contributed by atoms with Crippen molar-refractivity contribution in [1.82, 2.24) is 15.5 Å². The lowest BCUT2D eigenvalue weighted by Gasteiger charge is -2.50. The number of halogens is 1. The first-order valence-corrected chi connectivity index (χ1v) is 16.4. The normalized spacial score (nSPS) is 28.9. The second kappa shape index (κ2) is 16.3. The van der Waals surface area contributed by atoms with E-state index >= 15 is 0 Å². The quantitative estimate of drug-likeness (QED) is 0.223. The summed E-state index contributed by atoms with van der Waals surface area (Å²) in [5.74, 6) is -0.374. The summed E-state index contributed by atoms with van der Waals surface area (Å²) in [5, 5.41) is 17.8. The van der Waals surface area contributed by atoms with E-state index in [1.54, 1.807) is 6.07 Å². The van der Waals surface area contributed by atoms with Crippen molar-refractivity contribution in [2.24, 2.45) is 11.8 Å². The molecular formula is C33H54FN3O5. The van der Waals surface area contributed by atoms with E-state index in [1.165, 1.54) is 38.9 Å². The minimum absolute atomic E-state index is 0.0202. The zero-order chi connectivity index (χ0) is 30.1. The molecule has 0 saturated carbocycles. The Morgan fingerprint density at radius 2 is 1.98 bits per heavy atom. The molecule has 3 aliphatic rings. The molecular weight excluding hydrogens is 537 g/mol. The zero-order valence-corrected chi connectivity index (χ0v) is 26.2. The molecule has 3 saturated heterocycles. The molecule has 0 spiro atoms. The van der Waals surface area contributed by atoms with Crippen molar-refractivity contribution < 1.29 is 28.5 Å². The summed E-state index contributed by atoms with van der Waals surface area (Å²) in [6.45, 7) is 7.14. The standard InChI is InChI=1S/C33H54FN3O5/c1-5-11-22-19-26(31(41-4)27(34)20-22)29(33(38)39)37-17-15-23(21-37)42-18-9-7-8-14-28-24(12-6-2)30(40-3)25-13-10-16-35-32(25)36-28/h19-20,23-25,28-30,32,35-36H,5-18,21H2,1-4H3,(H,38,39)/t23-,24?,25?,28?,29?,30?,32?/m1/s1.